The average Bonchev–Trinajstić information content (AvgIpc) is 2.48. The van der Waals surface area contributed by atoms with E-state index in [1.54, 1.807) is 24.4 Å². The van der Waals surface area contributed by atoms with Gasteiger partial charge >= 0.3 is 0 Å². The van der Waals surface area contributed by atoms with Crippen LogP contribution in [0, 0.1) is 0 Å². The van der Waals surface area contributed by atoms with E-state index in [1.807, 2.05) is 24.3 Å². The second-order valence-electron chi connectivity index (χ2n) is 3.90. The molecule has 0 aliphatic rings. The fraction of sp³-hybridized carbons (Fsp3) is 0.143. The lowest BCUT2D eigenvalue weighted by Crippen LogP contribution is -2.15. The monoisotopic (exact) mass is 257 g/mol. The molecular formula is C14H15N3O2. The van der Waals surface area contributed by atoms with Gasteiger partial charge in [-0.15, -0.1) is 0 Å². The highest BCUT2D eigenvalue weighted by Crippen LogP contribution is 2.17. The van der Waals surface area contributed by atoms with E-state index in [9.17, 15) is 0 Å². The number of ether oxygens (including phenoxy) is 1. The molecular weight excluding hydrogens is 242 g/mol. The molecule has 1 aromatic heterocycles. The molecule has 5 nitrogen and oxygen atoms in total. The Morgan fingerprint density at radius 1 is 1.21 bits per heavy atom. The van der Waals surface area contributed by atoms with Gasteiger partial charge < -0.3 is 15.7 Å². The third-order valence-electron chi connectivity index (χ3n) is 2.61. The molecule has 1 heterocycles. The summed E-state index contributed by atoms with van der Waals surface area (Å²) in [6.07, 6.45) is 2.45. The van der Waals surface area contributed by atoms with Crippen LogP contribution in [0.3, 0.4) is 0 Å². The van der Waals surface area contributed by atoms with Crippen molar-refractivity contribution >= 4 is 5.84 Å². The molecule has 0 saturated heterocycles. The minimum atomic E-state index is 0.0356. The Kier molecular flexibility index (Phi) is 4.34. The zero-order valence-corrected chi connectivity index (χ0v) is 10.4. The Morgan fingerprint density at radius 3 is 2.74 bits per heavy atom. The maximum Gasteiger partial charge on any atom is 0.173 e. The van der Waals surface area contributed by atoms with Gasteiger partial charge in [-0.25, -0.2) is 0 Å². The van der Waals surface area contributed by atoms with Gasteiger partial charge in [-0.1, -0.05) is 23.4 Å². The number of aromatic nitrogens is 1. The van der Waals surface area contributed by atoms with Crippen molar-refractivity contribution in [3.05, 3.63) is 59.9 Å². The molecule has 1 aromatic carbocycles. The summed E-state index contributed by atoms with van der Waals surface area (Å²) in [5.74, 6) is 0.627. The minimum Gasteiger partial charge on any atom is -0.492 e. The number of nitrogens with two attached hydrogens (primary N) is 1. The van der Waals surface area contributed by atoms with Gasteiger partial charge in [0.05, 0.1) is 12.2 Å². The lowest BCUT2D eigenvalue weighted by atomic mass is 10.2. The van der Waals surface area contributed by atoms with Crippen LogP contribution in [0.15, 0.2) is 53.8 Å². The summed E-state index contributed by atoms with van der Waals surface area (Å²) in [6.45, 7) is 0.479. The van der Waals surface area contributed by atoms with Gasteiger partial charge in [0.15, 0.2) is 5.84 Å². The van der Waals surface area contributed by atoms with E-state index in [-0.39, 0.29) is 5.84 Å². The van der Waals surface area contributed by atoms with Gasteiger partial charge in [0.2, 0.25) is 0 Å². The first kappa shape index (κ1) is 12.9. The number of nitrogens with zero attached hydrogens (tertiary/aromatic N) is 2. The van der Waals surface area contributed by atoms with Gasteiger partial charge in [0.25, 0.3) is 0 Å². The molecule has 19 heavy (non-hydrogen) atoms. The van der Waals surface area contributed by atoms with E-state index >= 15 is 0 Å². The topological polar surface area (TPSA) is 80.7 Å². The summed E-state index contributed by atoms with van der Waals surface area (Å²) in [4.78, 5) is 4.22. The maximum absolute atomic E-state index is 8.71. The van der Waals surface area contributed by atoms with Crippen LogP contribution in [0.5, 0.6) is 5.75 Å². The van der Waals surface area contributed by atoms with Crippen LogP contribution in [-0.4, -0.2) is 22.6 Å². The maximum atomic E-state index is 8.71. The first-order valence-corrected chi connectivity index (χ1v) is 5.91. The van der Waals surface area contributed by atoms with Crippen molar-refractivity contribution in [3.63, 3.8) is 0 Å². The molecule has 0 fully saturated rings. The van der Waals surface area contributed by atoms with E-state index in [4.69, 9.17) is 15.7 Å². The van der Waals surface area contributed by atoms with Gasteiger partial charge in [-0.2, -0.15) is 0 Å². The fourth-order valence-electron chi connectivity index (χ4n) is 1.67. The third kappa shape index (κ3) is 3.45. The average molecular weight is 257 g/mol. The lowest BCUT2D eigenvalue weighted by molar-refractivity contribution is 0.313. The molecule has 0 atom stereocenters. The van der Waals surface area contributed by atoms with E-state index < -0.39 is 0 Å². The van der Waals surface area contributed by atoms with Crippen LogP contribution < -0.4 is 10.5 Å². The molecule has 0 radical (unpaired) electrons. The number of pyridine rings is 1. The van der Waals surface area contributed by atoms with Crippen molar-refractivity contribution in [2.24, 2.45) is 10.9 Å². The molecule has 5 heteroatoms. The second-order valence-corrected chi connectivity index (χ2v) is 3.90. The van der Waals surface area contributed by atoms with Crippen LogP contribution in [-0.2, 0) is 6.42 Å². The number of amidine groups is 1. The van der Waals surface area contributed by atoms with Crippen molar-refractivity contribution in [3.8, 4) is 5.75 Å². The molecule has 2 rings (SSSR count). The summed E-state index contributed by atoms with van der Waals surface area (Å²) in [6, 6.07) is 12.9. The van der Waals surface area contributed by atoms with E-state index in [2.05, 4.69) is 10.1 Å². The molecule has 0 amide bonds. The normalized spacial score (nSPS) is 11.3. The predicted molar refractivity (Wildman–Crippen MR) is 72.4 cm³/mol. The number of hydrogen-bond donors (Lipinski definition) is 2. The Labute approximate surface area is 111 Å². The molecule has 0 aliphatic heterocycles. The van der Waals surface area contributed by atoms with Crippen LogP contribution in [0.2, 0.25) is 0 Å². The van der Waals surface area contributed by atoms with Crippen molar-refractivity contribution in [1.82, 2.24) is 4.98 Å². The molecule has 0 spiro atoms. The first-order chi connectivity index (χ1) is 9.31. The summed E-state index contributed by atoms with van der Waals surface area (Å²) < 4.78 is 5.65. The summed E-state index contributed by atoms with van der Waals surface area (Å²) in [7, 11) is 0. The smallest absolute Gasteiger partial charge is 0.173 e. The van der Waals surface area contributed by atoms with Crippen molar-refractivity contribution in [2.75, 3.05) is 6.61 Å². The Balaban J connectivity index is 2.00. The Hall–Kier alpha value is -2.56. The first-order valence-electron chi connectivity index (χ1n) is 5.91. The van der Waals surface area contributed by atoms with E-state index in [0.29, 0.717) is 24.3 Å². The van der Waals surface area contributed by atoms with Gasteiger partial charge in [-0.3, -0.25) is 4.98 Å². The van der Waals surface area contributed by atoms with Gasteiger partial charge in [0.1, 0.15) is 5.75 Å². The third-order valence-corrected chi connectivity index (χ3v) is 2.61. The largest absolute Gasteiger partial charge is 0.492 e. The fourth-order valence-corrected chi connectivity index (χ4v) is 1.67. The highest BCUT2D eigenvalue weighted by Gasteiger charge is 2.07. The van der Waals surface area contributed by atoms with Crippen LogP contribution in [0.1, 0.15) is 11.3 Å². The highest BCUT2D eigenvalue weighted by atomic mass is 16.5. The standard InChI is InChI=1S/C14H15N3O2/c15-14(17-18)12-6-1-2-7-13(12)19-10-8-11-5-3-4-9-16-11/h1-7,9,18H,8,10H2,(H2,15,17). The molecule has 3 N–H and O–H groups in total. The van der Waals surface area contributed by atoms with E-state index in [0.717, 1.165) is 5.69 Å². The summed E-state index contributed by atoms with van der Waals surface area (Å²) in [5.41, 5.74) is 7.12. The number of hydrogen-bond acceptors (Lipinski definition) is 4. The molecule has 2 aromatic rings. The number of benzene rings is 1. The van der Waals surface area contributed by atoms with Crippen LogP contribution in [0.4, 0.5) is 0 Å². The predicted octanol–water partition coefficient (Wildman–Crippen LogP) is 1.80. The van der Waals surface area contributed by atoms with Crippen molar-refractivity contribution in [1.29, 1.82) is 0 Å². The zero-order valence-electron chi connectivity index (χ0n) is 10.4. The number of rotatable bonds is 5. The molecule has 98 valence electrons. The van der Waals surface area contributed by atoms with Crippen molar-refractivity contribution in [2.45, 2.75) is 6.42 Å². The molecule has 0 bridgehead atoms. The van der Waals surface area contributed by atoms with Gasteiger partial charge in [0, 0.05) is 18.3 Å². The zero-order chi connectivity index (χ0) is 13.5. The second kappa shape index (κ2) is 6.39. The van der Waals surface area contributed by atoms with Crippen LogP contribution in [0.25, 0.3) is 0 Å². The quantitative estimate of drug-likeness (QED) is 0.370. The summed E-state index contributed by atoms with van der Waals surface area (Å²) in [5, 5.41) is 11.7. The molecule has 0 saturated carbocycles. The Bertz CT molecular complexity index is 556. The van der Waals surface area contributed by atoms with Crippen molar-refractivity contribution < 1.29 is 9.94 Å². The summed E-state index contributed by atoms with van der Waals surface area (Å²) >= 11 is 0. The number of para-hydroxylation sites is 1. The SMILES string of the molecule is N/C(=N\O)c1ccccc1OCCc1ccccn1. The molecule has 0 unspecified atom stereocenters. The van der Waals surface area contributed by atoms with Gasteiger partial charge in [-0.05, 0) is 24.3 Å². The Morgan fingerprint density at radius 2 is 2.00 bits per heavy atom. The lowest BCUT2D eigenvalue weighted by Gasteiger charge is -2.10. The molecule has 0 aliphatic carbocycles. The highest BCUT2D eigenvalue weighted by molar-refractivity contribution is 5.99. The number of oxime groups is 1. The van der Waals surface area contributed by atoms with Crippen LogP contribution >= 0.6 is 0 Å². The minimum absolute atomic E-state index is 0.0356. The van der Waals surface area contributed by atoms with E-state index in [1.165, 1.54) is 0 Å².